The Morgan fingerprint density at radius 1 is 1.31 bits per heavy atom. The van der Waals surface area contributed by atoms with E-state index in [-0.39, 0.29) is 0 Å². The monoisotopic (exact) mass is 453 g/mol. The van der Waals surface area contributed by atoms with E-state index in [1.165, 1.54) is 5.69 Å². The lowest BCUT2D eigenvalue weighted by atomic mass is 10.1. The molecule has 0 bridgehead atoms. The number of rotatable bonds is 7. The molecule has 0 amide bonds. The van der Waals surface area contributed by atoms with Crippen molar-refractivity contribution in [1.29, 1.82) is 0 Å². The van der Waals surface area contributed by atoms with Crippen molar-refractivity contribution in [2.75, 3.05) is 43.1 Å². The minimum absolute atomic E-state index is 0.448. The molecule has 168 valence electrons. The smallest absolute Gasteiger partial charge is 0.231 e. The van der Waals surface area contributed by atoms with E-state index in [1.54, 1.807) is 23.0 Å². The molecular weight excluding hydrogens is 426 g/mol. The summed E-state index contributed by atoms with van der Waals surface area (Å²) in [5.41, 5.74) is 3.53. The van der Waals surface area contributed by atoms with Gasteiger partial charge in [0.25, 0.3) is 0 Å². The lowest BCUT2D eigenvalue weighted by Crippen LogP contribution is -2.49. The largest absolute Gasteiger partial charge is 0.617 e. The Morgan fingerprint density at radius 2 is 2.22 bits per heavy atom. The van der Waals surface area contributed by atoms with Gasteiger partial charge in [0.05, 0.1) is 19.1 Å². The SMILES string of the molecule is C[C@H]1CN(c2cccc3oc(-c4cnc5ccc(OCCC[S+](C)[O-])nn45)cc23)CCN1. The molecule has 1 aliphatic rings. The molecule has 1 unspecified atom stereocenters. The number of hydrogen-bond donors (Lipinski definition) is 1. The first-order chi connectivity index (χ1) is 15.6. The minimum atomic E-state index is -0.817. The molecule has 4 aromatic rings. The van der Waals surface area contributed by atoms with Gasteiger partial charge in [-0.05, 0) is 31.2 Å². The van der Waals surface area contributed by atoms with Crippen molar-refractivity contribution >= 4 is 33.5 Å². The Morgan fingerprint density at radius 3 is 3.06 bits per heavy atom. The van der Waals surface area contributed by atoms with Crippen LogP contribution >= 0.6 is 0 Å². The highest BCUT2D eigenvalue weighted by molar-refractivity contribution is 7.90. The van der Waals surface area contributed by atoms with Gasteiger partial charge in [-0.1, -0.05) is 17.2 Å². The molecule has 4 heterocycles. The third-order valence-electron chi connectivity index (χ3n) is 5.66. The van der Waals surface area contributed by atoms with E-state index in [0.717, 1.165) is 48.4 Å². The highest BCUT2D eigenvalue weighted by Crippen LogP contribution is 2.34. The van der Waals surface area contributed by atoms with E-state index in [2.05, 4.69) is 39.4 Å². The van der Waals surface area contributed by atoms with Crippen LogP contribution in [0.4, 0.5) is 5.69 Å². The summed E-state index contributed by atoms with van der Waals surface area (Å²) in [5, 5.41) is 9.18. The van der Waals surface area contributed by atoms with E-state index in [9.17, 15) is 4.55 Å². The zero-order valence-electron chi connectivity index (χ0n) is 18.3. The van der Waals surface area contributed by atoms with Gasteiger partial charge in [-0.25, -0.2) is 9.50 Å². The molecule has 32 heavy (non-hydrogen) atoms. The summed E-state index contributed by atoms with van der Waals surface area (Å²) in [6.45, 7) is 5.57. The molecule has 1 N–H and O–H groups in total. The fraction of sp³-hybridized carbons (Fsp3) is 0.391. The number of fused-ring (bicyclic) bond motifs is 2. The molecule has 0 radical (unpaired) electrons. The summed E-state index contributed by atoms with van der Waals surface area (Å²) in [4.78, 5) is 6.88. The number of hydrogen-bond acceptors (Lipinski definition) is 7. The van der Waals surface area contributed by atoms with Crippen molar-refractivity contribution in [2.24, 2.45) is 0 Å². The van der Waals surface area contributed by atoms with Gasteiger partial charge >= 0.3 is 0 Å². The summed E-state index contributed by atoms with van der Waals surface area (Å²) >= 11 is -0.817. The van der Waals surface area contributed by atoms with E-state index in [1.807, 2.05) is 18.2 Å². The van der Waals surface area contributed by atoms with Crippen LogP contribution in [0, 0.1) is 0 Å². The van der Waals surface area contributed by atoms with Gasteiger partial charge in [-0.2, -0.15) is 0 Å². The molecule has 0 aliphatic carbocycles. The maximum absolute atomic E-state index is 11.2. The van der Waals surface area contributed by atoms with E-state index >= 15 is 0 Å². The second kappa shape index (κ2) is 9.01. The van der Waals surface area contributed by atoms with Gasteiger partial charge in [-0.15, -0.1) is 5.10 Å². The second-order valence-corrected chi connectivity index (χ2v) is 9.72. The van der Waals surface area contributed by atoms with E-state index in [4.69, 9.17) is 9.15 Å². The summed E-state index contributed by atoms with van der Waals surface area (Å²) in [6, 6.07) is 12.4. The summed E-state index contributed by atoms with van der Waals surface area (Å²) in [5.74, 6) is 1.84. The van der Waals surface area contributed by atoms with Gasteiger partial charge in [0, 0.05) is 49.2 Å². The number of nitrogens with zero attached hydrogens (tertiary/aromatic N) is 4. The second-order valence-electron chi connectivity index (χ2n) is 8.17. The molecule has 1 fully saturated rings. The molecule has 8 nitrogen and oxygen atoms in total. The number of piperazine rings is 1. The lowest BCUT2D eigenvalue weighted by molar-refractivity contribution is 0.301. The molecule has 5 rings (SSSR count). The van der Waals surface area contributed by atoms with Crippen LogP contribution in [0.5, 0.6) is 5.88 Å². The zero-order valence-corrected chi connectivity index (χ0v) is 19.1. The maximum atomic E-state index is 11.2. The first-order valence-corrected chi connectivity index (χ1v) is 12.6. The highest BCUT2D eigenvalue weighted by atomic mass is 32.2. The van der Waals surface area contributed by atoms with E-state index in [0.29, 0.717) is 30.0 Å². The highest BCUT2D eigenvalue weighted by Gasteiger charge is 2.20. The Balaban J connectivity index is 1.45. The van der Waals surface area contributed by atoms with Crippen molar-refractivity contribution in [1.82, 2.24) is 19.9 Å². The van der Waals surface area contributed by atoms with Crippen LogP contribution in [0.15, 0.2) is 47.0 Å². The van der Waals surface area contributed by atoms with Crippen LogP contribution in [-0.2, 0) is 11.2 Å². The fourth-order valence-electron chi connectivity index (χ4n) is 4.14. The first kappa shape index (κ1) is 21.1. The van der Waals surface area contributed by atoms with Gasteiger partial charge < -0.3 is 23.9 Å². The molecule has 3 aromatic heterocycles. The number of anilines is 1. The molecule has 2 atom stereocenters. The van der Waals surface area contributed by atoms with Crippen molar-refractivity contribution in [3.8, 4) is 17.3 Å². The van der Waals surface area contributed by atoms with Crippen LogP contribution < -0.4 is 15.0 Å². The Bertz CT molecular complexity index is 1220. The summed E-state index contributed by atoms with van der Waals surface area (Å²) in [6.07, 6.45) is 4.19. The third-order valence-corrected chi connectivity index (χ3v) is 6.53. The Labute approximate surface area is 189 Å². The quantitative estimate of drug-likeness (QED) is 0.340. The number of aromatic nitrogens is 3. The summed E-state index contributed by atoms with van der Waals surface area (Å²) < 4.78 is 25.0. The predicted octanol–water partition coefficient (Wildman–Crippen LogP) is 3.09. The predicted molar refractivity (Wildman–Crippen MR) is 127 cm³/mol. The number of nitrogens with one attached hydrogen (secondary N) is 1. The average Bonchev–Trinajstić information content (AvgIpc) is 3.40. The van der Waals surface area contributed by atoms with Crippen LogP contribution in [0.2, 0.25) is 0 Å². The normalized spacial score (nSPS) is 17.8. The Hall–Kier alpha value is -2.75. The van der Waals surface area contributed by atoms with Crippen LogP contribution in [0.1, 0.15) is 13.3 Å². The number of benzene rings is 1. The van der Waals surface area contributed by atoms with Crippen LogP contribution in [0.3, 0.4) is 0 Å². The van der Waals surface area contributed by atoms with Gasteiger partial charge in [0.2, 0.25) is 5.88 Å². The number of furan rings is 1. The van der Waals surface area contributed by atoms with Crippen molar-refractivity contribution < 1.29 is 13.7 Å². The van der Waals surface area contributed by atoms with E-state index < -0.39 is 11.2 Å². The van der Waals surface area contributed by atoms with Crippen molar-refractivity contribution in [3.63, 3.8) is 0 Å². The zero-order chi connectivity index (χ0) is 22.1. The number of imidazole rings is 1. The van der Waals surface area contributed by atoms with Crippen molar-refractivity contribution in [2.45, 2.75) is 19.4 Å². The van der Waals surface area contributed by atoms with Gasteiger partial charge in [-0.3, -0.25) is 0 Å². The van der Waals surface area contributed by atoms with Gasteiger partial charge in [0.15, 0.2) is 11.4 Å². The lowest BCUT2D eigenvalue weighted by Gasteiger charge is -2.33. The average molecular weight is 454 g/mol. The molecule has 1 aromatic carbocycles. The summed E-state index contributed by atoms with van der Waals surface area (Å²) in [7, 11) is 0. The third kappa shape index (κ3) is 4.28. The molecule has 1 aliphatic heterocycles. The van der Waals surface area contributed by atoms with Crippen LogP contribution in [0.25, 0.3) is 28.1 Å². The first-order valence-electron chi connectivity index (χ1n) is 10.9. The molecule has 1 saturated heterocycles. The maximum Gasteiger partial charge on any atom is 0.231 e. The topological polar surface area (TPSA) is 90.9 Å². The van der Waals surface area contributed by atoms with Gasteiger partial charge in [0.1, 0.15) is 17.0 Å². The molecule has 0 saturated carbocycles. The molecule has 9 heteroatoms. The van der Waals surface area contributed by atoms with Crippen LogP contribution in [-0.4, -0.2) is 63.4 Å². The molecule has 0 spiro atoms. The minimum Gasteiger partial charge on any atom is -0.617 e. The van der Waals surface area contributed by atoms with Crippen molar-refractivity contribution in [3.05, 3.63) is 42.6 Å². The fourth-order valence-corrected chi connectivity index (χ4v) is 4.66. The molecular formula is C23H27N5O3S. The Kier molecular flexibility index (Phi) is 5.95. The standard InChI is InChI=1S/C23H27N5O3S/c1-16-15-27(10-9-24-16)18-5-3-6-20-17(18)13-21(31-20)19-14-25-22-7-8-23(26-28(19)22)30-11-4-12-32(2)29/h3,5-8,13-14,16,24H,4,9-12,15H2,1-2H3/t16-,32?/m0/s1. The number of ether oxygens (including phenoxy) is 1.